The number of hydrogen-bond acceptors (Lipinski definition) is 6. The third-order valence-electron chi connectivity index (χ3n) is 4.93. The summed E-state index contributed by atoms with van der Waals surface area (Å²) in [5.74, 6) is -0.866. The van der Waals surface area contributed by atoms with Crippen molar-refractivity contribution in [3.8, 4) is 11.5 Å². The van der Waals surface area contributed by atoms with Gasteiger partial charge in [-0.3, -0.25) is 14.5 Å². The van der Waals surface area contributed by atoms with Gasteiger partial charge in [0.25, 0.3) is 11.1 Å². The Bertz CT molecular complexity index is 1360. The molecule has 10 heteroatoms. The fourth-order valence-electron chi connectivity index (χ4n) is 3.27. The largest absolute Gasteiger partial charge is 0.493 e. The fourth-order valence-corrected chi connectivity index (χ4v) is 4.70. The van der Waals surface area contributed by atoms with Gasteiger partial charge in [-0.25, -0.2) is 4.79 Å². The first kappa shape index (κ1) is 25.1. The Labute approximate surface area is 220 Å². The zero-order valence-electron chi connectivity index (χ0n) is 18.1. The van der Waals surface area contributed by atoms with E-state index in [-0.39, 0.29) is 33.5 Å². The Morgan fingerprint density at radius 2 is 1.74 bits per heavy atom. The number of carbonyl (C=O) groups is 3. The van der Waals surface area contributed by atoms with Gasteiger partial charge in [-0.2, -0.15) is 0 Å². The molecule has 0 bridgehead atoms. The number of methoxy groups -OCH3 is 1. The first-order chi connectivity index (χ1) is 16.7. The summed E-state index contributed by atoms with van der Waals surface area (Å²) in [6.07, 6.45) is 1.53. The molecule has 1 aliphatic rings. The number of hydrogen-bond donors (Lipinski definition) is 0. The van der Waals surface area contributed by atoms with Crippen molar-refractivity contribution in [1.82, 2.24) is 4.90 Å². The molecule has 6 nitrogen and oxygen atoms in total. The average molecular weight is 549 g/mol. The summed E-state index contributed by atoms with van der Waals surface area (Å²) in [5.41, 5.74) is 1.51. The molecule has 4 rings (SSSR count). The Kier molecular flexibility index (Phi) is 7.72. The molecule has 0 unspecified atom stereocenters. The van der Waals surface area contributed by atoms with Gasteiger partial charge in [-0.05, 0) is 77.5 Å². The van der Waals surface area contributed by atoms with E-state index in [1.807, 2.05) is 0 Å². The maximum atomic E-state index is 12.9. The third kappa shape index (κ3) is 5.82. The minimum absolute atomic E-state index is 0.0281. The highest BCUT2D eigenvalue weighted by Crippen LogP contribution is 2.39. The highest BCUT2D eigenvalue weighted by molar-refractivity contribution is 8.18. The first-order valence-corrected chi connectivity index (χ1v) is 12.1. The van der Waals surface area contributed by atoms with E-state index in [0.717, 1.165) is 22.2 Å². The number of ether oxygens (including phenoxy) is 2. The molecule has 1 heterocycles. The molecule has 0 aromatic heterocycles. The Morgan fingerprint density at radius 3 is 2.43 bits per heavy atom. The average Bonchev–Trinajstić information content (AvgIpc) is 3.08. The van der Waals surface area contributed by atoms with Crippen molar-refractivity contribution >= 4 is 69.8 Å². The summed E-state index contributed by atoms with van der Waals surface area (Å²) in [7, 11) is 1.40. The van der Waals surface area contributed by atoms with Gasteiger partial charge in [0.05, 0.1) is 29.1 Å². The number of thioether (sulfide) groups is 1. The van der Waals surface area contributed by atoms with Crippen molar-refractivity contribution in [1.29, 1.82) is 0 Å². The van der Waals surface area contributed by atoms with Gasteiger partial charge in [-0.1, -0.05) is 46.9 Å². The molecule has 1 fully saturated rings. The van der Waals surface area contributed by atoms with Gasteiger partial charge in [0.2, 0.25) is 0 Å². The molecule has 2 amide bonds. The Morgan fingerprint density at radius 1 is 1.00 bits per heavy atom. The Balaban J connectivity index is 1.56. The van der Waals surface area contributed by atoms with Gasteiger partial charge < -0.3 is 9.47 Å². The van der Waals surface area contributed by atoms with E-state index in [2.05, 4.69) is 0 Å². The lowest BCUT2D eigenvalue weighted by atomic mass is 10.1. The summed E-state index contributed by atoms with van der Waals surface area (Å²) in [6.45, 7) is 0.103. The van der Waals surface area contributed by atoms with Crippen LogP contribution < -0.4 is 9.47 Å². The van der Waals surface area contributed by atoms with Gasteiger partial charge in [0, 0.05) is 10.0 Å². The molecule has 0 radical (unpaired) electrons. The van der Waals surface area contributed by atoms with Crippen LogP contribution in [0.25, 0.3) is 6.08 Å². The van der Waals surface area contributed by atoms with Crippen molar-refractivity contribution in [2.75, 3.05) is 7.11 Å². The molecule has 35 heavy (non-hydrogen) atoms. The second-order valence-corrected chi connectivity index (χ2v) is 9.60. The van der Waals surface area contributed by atoms with E-state index in [9.17, 15) is 14.4 Å². The molecule has 0 aliphatic carbocycles. The minimum atomic E-state index is -0.642. The van der Waals surface area contributed by atoms with Crippen molar-refractivity contribution in [3.63, 3.8) is 0 Å². The van der Waals surface area contributed by atoms with Crippen molar-refractivity contribution in [2.45, 2.75) is 6.54 Å². The van der Waals surface area contributed by atoms with Crippen molar-refractivity contribution in [2.24, 2.45) is 0 Å². The maximum absolute atomic E-state index is 12.9. The zero-order valence-corrected chi connectivity index (χ0v) is 21.2. The smallest absolute Gasteiger partial charge is 0.343 e. The first-order valence-electron chi connectivity index (χ1n) is 10.1. The molecule has 1 saturated heterocycles. The van der Waals surface area contributed by atoms with Crippen molar-refractivity contribution < 1.29 is 23.9 Å². The van der Waals surface area contributed by atoms with Gasteiger partial charge in [0.1, 0.15) is 0 Å². The van der Waals surface area contributed by atoms with E-state index in [0.29, 0.717) is 15.6 Å². The number of halogens is 3. The van der Waals surface area contributed by atoms with E-state index in [1.54, 1.807) is 42.5 Å². The highest BCUT2D eigenvalue weighted by Gasteiger charge is 2.35. The van der Waals surface area contributed by atoms with Crippen LogP contribution in [0.15, 0.2) is 65.6 Å². The lowest BCUT2D eigenvalue weighted by Crippen LogP contribution is -2.27. The second-order valence-electron chi connectivity index (χ2n) is 7.33. The molecule has 3 aromatic carbocycles. The van der Waals surface area contributed by atoms with E-state index < -0.39 is 17.1 Å². The summed E-state index contributed by atoms with van der Waals surface area (Å²) < 4.78 is 10.8. The van der Waals surface area contributed by atoms with Crippen LogP contribution in [0.5, 0.6) is 11.5 Å². The highest BCUT2D eigenvalue weighted by atomic mass is 35.5. The van der Waals surface area contributed by atoms with Crippen LogP contribution in [-0.2, 0) is 11.3 Å². The monoisotopic (exact) mass is 547 g/mol. The van der Waals surface area contributed by atoms with Crippen LogP contribution in [0.3, 0.4) is 0 Å². The number of benzene rings is 3. The number of carbonyl (C=O) groups excluding carboxylic acids is 3. The van der Waals surface area contributed by atoms with Crippen LogP contribution in [0.4, 0.5) is 4.79 Å². The number of rotatable bonds is 6. The lowest BCUT2D eigenvalue weighted by Gasteiger charge is -2.13. The van der Waals surface area contributed by atoms with Crippen molar-refractivity contribution in [3.05, 3.63) is 97.3 Å². The number of imide groups is 1. The van der Waals surface area contributed by atoms with Gasteiger partial charge in [-0.15, -0.1) is 0 Å². The van der Waals surface area contributed by atoms with Crippen LogP contribution in [0.2, 0.25) is 15.1 Å². The van der Waals surface area contributed by atoms with E-state index in [4.69, 9.17) is 44.3 Å². The van der Waals surface area contributed by atoms with Crippen LogP contribution in [0, 0.1) is 0 Å². The van der Waals surface area contributed by atoms with Gasteiger partial charge in [0.15, 0.2) is 11.5 Å². The zero-order chi connectivity index (χ0) is 25.1. The molecular formula is C25H16Cl3NO5S. The third-order valence-corrected chi connectivity index (χ3v) is 6.60. The molecule has 3 aromatic rings. The fraction of sp³-hybridized carbons (Fsp3) is 0.0800. The van der Waals surface area contributed by atoms with Gasteiger partial charge >= 0.3 is 5.97 Å². The molecule has 0 atom stereocenters. The van der Waals surface area contributed by atoms with E-state index in [1.165, 1.54) is 31.4 Å². The molecule has 178 valence electrons. The quantitative estimate of drug-likeness (QED) is 0.186. The molecular weight excluding hydrogens is 533 g/mol. The second kappa shape index (κ2) is 10.7. The molecule has 0 saturated carbocycles. The summed E-state index contributed by atoms with van der Waals surface area (Å²) >= 11 is 19.1. The lowest BCUT2D eigenvalue weighted by molar-refractivity contribution is -0.123. The number of amides is 2. The molecule has 0 N–H and O–H groups in total. The van der Waals surface area contributed by atoms with E-state index >= 15 is 0 Å². The van der Waals surface area contributed by atoms with Crippen LogP contribution in [0.1, 0.15) is 21.5 Å². The summed E-state index contributed by atoms with van der Waals surface area (Å²) in [6, 6.07) is 16.2. The normalized spacial score (nSPS) is 14.5. The van der Waals surface area contributed by atoms with Crippen LogP contribution in [-0.4, -0.2) is 29.1 Å². The number of esters is 1. The summed E-state index contributed by atoms with van der Waals surface area (Å²) in [4.78, 5) is 39.2. The molecule has 1 aliphatic heterocycles. The summed E-state index contributed by atoms with van der Waals surface area (Å²) in [5, 5.41) is 0.700. The SMILES string of the molecule is COc1cc(/C=C2\SC(=O)N(Cc3cccc(Cl)c3)C2=O)cc(Cl)c1OC(=O)c1ccc(Cl)cc1. The maximum Gasteiger partial charge on any atom is 0.343 e. The predicted octanol–water partition coefficient (Wildman–Crippen LogP) is 7.11. The number of nitrogens with zero attached hydrogens (tertiary/aromatic N) is 1. The Hall–Kier alpha value is -2.97. The van der Waals surface area contributed by atoms with Crippen LogP contribution >= 0.6 is 46.6 Å². The topological polar surface area (TPSA) is 72.9 Å². The minimum Gasteiger partial charge on any atom is -0.493 e. The predicted molar refractivity (Wildman–Crippen MR) is 137 cm³/mol. The standard InChI is InChI=1S/C25H16Cl3NO5S/c1-33-20-11-15(10-19(28)22(20)34-24(31)16-5-7-17(26)8-6-16)12-21-23(30)29(25(32)35-21)13-14-3-2-4-18(27)9-14/h2-12H,13H2,1H3/b21-12-. The molecule has 0 spiro atoms.